The standard InChI is InChI=1S/C22H24ClN3O3/c1-16(27)25-10-9-24-15-18-13-17-7-8-19(23)14-21(17)26(22(18)28)11-12-29-20-5-3-2-4-6-20/h2-8,13-14,24H,9-12,15H2,1H3,(H,25,27). The number of carbonyl (C=O) groups excluding carboxylic acids is 1. The lowest BCUT2D eigenvalue weighted by molar-refractivity contribution is -0.118. The van der Waals surface area contributed by atoms with Crippen LogP contribution in [0.15, 0.2) is 59.4 Å². The highest BCUT2D eigenvalue weighted by atomic mass is 35.5. The zero-order valence-corrected chi connectivity index (χ0v) is 17.0. The van der Waals surface area contributed by atoms with E-state index in [4.69, 9.17) is 16.3 Å². The van der Waals surface area contributed by atoms with Gasteiger partial charge in [0, 0.05) is 37.1 Å². The molecule has 0 bridgehead atoms. The summed E-state index contributed by atoms with van der Waals surface area (Å²) in [6, 6.07) is 16.9. The van der Waals surface area contributed by atoms with E-state index in [-0.39, 0.29) is 11.5 Å². The molecule has 0 radical (unpaired) electrons. The summed E-state index contributed by atoms with van der Waals surface area (Å²) >= 11 is 6.16. The van der Waals surface area contributed by atoms with Gasteiger partial charge in [-0.15, -0.1) is 0 Å². The molecule has 0 fully saturated rings. The van der Waals surface area contributed by atoms with Crippen LogP contribution < -0.4 is 20.9 Å². The van der Waals surface area contributed by atoms with Gasteiger partial charge in [-0.3, -0.25) is 9.59 Å². The minimum Gasteiger partial charge on any atom is -0.492 e. The molecule has 29 heavy (non-hydrogen) atoms. The number of hydrogen-bond donors (Lipinski definition) is 2. The first-order valence-corrected chi connectivity index (χ1v) is 9.87. The van der Waals surface area contributed by atoms with Gasteiger partial charge in [-0.25, -0.2) is 0 Å². The highest BCUT2D eigenvalue weighted by Gasteiger charge is 2.10. The average Bonchev–Trinajstić information content (AvgIpc) is 2.71. The third-order valence-corrected chi connectivity index (χ3v) is 4.69. The molecule has 0 aliphatic rings. The van der Waals surface area contributed by atoms with Crippen molar-refractivity contribution in [1.82, 2.24) is 15.2 Å². The number of aromatic nitrogens is 1. The van der Waals surface area contributed by atoms with Crippen molar-refractivity contribution in [2.45, 2.75) is 20.0 Å². The SMILES string of the molecule is CC(=O)NCCNCc1cc2ccc(Cl)cc2n(CCOc2ccccc2)c1=O. The highest BCUT2D eigenvalue weighted by Crippen LogP contribution is 2.19. The van der Waals surface area contributed by atoms with Gasteiger partial charge in [0.15, 0.2) is 0 Å². The van der Waals surface area contributed by atoms with Gasteiger partial charge >= 0.3 is 0 Å². The molecule has 0 aliphatic carbocycles. The fourth-order valence-corrected chi connectivity index (χ4v) is 3.24. The Bertz CT molecular complexity index is 1030. The Balaban J connectivity index is 1.77. The van der Waals surface area contributed by atoms with Crippen LogP contribution in [0.1, 0.15) is 12.5 Å². The fraction of sp³-hybridized carbons (Fsp3) is 0.273. The van der Waals surface area contributed by atoms with E-state index in [2.05, 4.69) is 10.6 Å². The van der Waals surface area contributed by atoms with Crippen LogP contribution in [0, 0.1) is 0 Å². The van der Waals surface area contributed by atoms with E-state index in [1.54, 1.807) is 10.6 Å². The van der Waals surface area contributed by atoms with Gasteiger partial charge in [-0.1, -0.05) is 35.9 Å². The number of benzene rings is 2. The van der Waals surface area contributed by atoms with E-state index in [0.29, 0.717) is 43.4 Å². The van der Waals surface area contributed by atoms with Crippen molar-refractivity contribution in [2.24, 2.45) is 0 Å². The number of carbonyl (C=O) groups is 1. The minimum absolute atomic E-state index is 0.0739. The fourth-order valence-electron chi connectivity index (χ4n) is 3.07. The summed E-state index contributed by atoms with van der Waals surface area (Å²) in [5.41, 5.74) is 1.35. The van der Waals surface area contributed by atoms with E-state index < -0.39 is 0 Å². The van der Waals surface area contributed by atoms with Crippen LogP contribution in [0.4, 0.5) is 0 Å². The van der Waals surface area contributed by atoms with Crippen LogP contribution in [-0.2, 0) is 17.9 Å². The molecular formula is C22H24ClN3O3. The number of pyridine rings is 1. The van der Waals surface area contributed by atoms with E-state index >= 15 is 0 Å². The van der Waals surface area contributed by atoms with Crippen LogP contribution >= 0.6 is 11.6 Å². The number of hydrogen-bond acceptors (Lipinski definition) is 4. The predicted molar refractivity (Wildman–Crippen MR) is 116 cm³/mol. The first-order chi connectivity index (χ1) is 14.0. The lowest BCUT2D eigenvalue weighted by atomic mass is 10.1. The monoisotopic (exact) mass is 413 g/mol. The lowest BCUT2D eigenvalue weighted by Gasteiger charge is -2.14. The van der Waals surface area contributed by atoms with Gasteiger partial charge in [0.05, 0.1) is 12.1 Å². The first kappa shape index (κ1) is 20.9. The Hall–Kier alpha value is -2.83. The van der Waals surface area contributed by atoms with Gasteiger partial charge in [0.1, 0.15) is 12.4 Å². The summed E-state index contributed by atoms with van der Waals surface area (Å²) in [6.07, 6.45) is 0. The normalized spacial score (nSPS) is 10.8. The van der Waals surface area contributed by atoms with Crippen LogP contribution in [0.2, 0.25) is 5.02 Å². The molecule has 1 amide bonds. The summed E-state index contributed by atoms with van der Waals surface area (Å²) in [4.78, 5) is 24.0. The Morgan fingerprint density at radius 2 is 1.90 bits per heavy atom. The molecule has 2 aromatic carbocycles. The number of halogens is 1. The van der Waals surface area contributed by atoms with Crippen molar-refractivity contribution < 1.29 is 9.53 Å². The zero-order valence-electron chi connectivity index (χ0n) is 16.3. The van der Waals surface area contributed by atoms with E-state index in [1.807, 2.05) is 48.5 Å². The molecule has 1 heterocycles. The number of nitrogens with zero attached hydrogens (tertiary/aromatic N) is 1. The third-order valence-electron chi connectivity index (χ3n) is 4.45. The quantitative estimate of drug-likeness (QED) is 0.529. The van der Waals surface area contributed by atoms with Crippen LogP contribution in [-0.4, -0.2) is 30.2 Å². The number of ether oxygens (including phenoxy) is 1. The Morgan fingerprint density at radius 3 is 2.66 bits per heavy atom. The molecule has 2 N–H and O–H groups in total. The predicted octanol–water partition coefficient (Wildman–Crippen LogP) is 2.96. The number of amides is 1. The van der Waals surface area contributed by atoms with Gasteiger partial charge in [-0.2, -0.15) is 0 Å². The van der Waals surface area contributed by atoms with Crippen LogP contribution in [0.25, 0.3) is 10.9 Å². The van der Waals surface area contributed by atoms with Gasteiger partial charge in [0.2, 0.25) is 5.91 Å². The van der Waals surface area contributed by atoms with Crippen molar-refractivity contribution in [3.63, 3.8) is 0 Å². The van der Waals surface area contributed by atoms with Gasteiger partial charge in [-0.05, 0) is 35.7 Å². The van der Waals surface area contributed by atoms with Crippen LogP contribution in [0.5, 0.6) is 5.75 Å². The van der Waals surface area contributed by atoms with Crippen molar-refractivity contribution in [1.29, 1.82) is 0 Å². The molecule has 0 aliphatic heterocycles. The summed E-state index contributed by atoms with van der Waals surface area (Å²) in [6.45, 7) is 3.75. The summed E-state index contributed by atoms with van der Waals surface area (Å²) < 4.78 is 7.47. The topological polar surface area (TPSA) is 72.4 Å². The summed E-state index contributed by atoms with van der Waals surface area (Å²) in [5, 5.41) is 7.44. The molecule has 7 heteroatoms. The second-order valence-electron chi connectivity index (χ2n) is 6.65. The van der Waals surface area contributed by atoms with Crippen LogP contribution in [0.3, 0.4) is 0 Å². The second kappa shape index (κ2) is 10.1. The minimum atomic E-state index is -0.0801. The lowest BCUT2D eigenvalue weighted by Crippen LogP contribution is -2.33. The summed E-state index contributed by atoms with van der Waals surface area (Å²) in [7, 11) is 0. The maximum atomic E-state index is 13.1. The Labute approximate surface area is 174 Å². The average molecular weight is 414 g/mol. The molecule has 1 aromatic heterocycles. The van der Waals surface area contributed by atoms with E-state index in [9.17, 15) is 9.59 Å². The molecule has 152 valence electrons. The zero-order chi connectivity index (χ0) is 20.6. The number of fused-ring (bicyclic) bond motifs is 1. The first-order valence-electron chi connectivity index (χ1n) is 9.49. The molecular weight excluding hydrogens is 390 g/mol. The van der Waals surface area contributed by atoms with Gasteiger partial charge in [0.25, 0.3) is 5.56 Å². The number of nitrogens with one attached hydrogen (secondary N) is 2. The largest absolute Gasteiger partial charge is 0.492 e. The molecule has 0 saturated heterocycles. The molecule has 3 rings (SSSR count). The number of rotatable bonds is 9. The maximum Gasteiger partial charge on any atom is 0.255 e. The number of para-hydroxylation sites is 1. The third kappa shape index (κ3) is 5.82. The highest BCUT2D eigenvalue weighted by molar-refractivity contribution is 6.31. The van der Waals surface area contributed by atoms with Crippen molar-refractivity contribution >= 4 is 28.4 Å². The van der Waals surface area contributed by atoms with Crippen molar-refractivity contribution in [2.75, 3.05) is 19.7 Å². The van der Waals surface area contributed by atoms with E-state index in [1.165, 1.54) is 6.92 Å². The van der Waals surface area contributed by atoms with Crippen molar-refractivity contribution in [3.8, 4) is 5.75 Å². The Morgan fingerprint density at radius 1 is 1.10 bits per heavy atom. The van der Waals surface area contributed by atoms with Crippen molar-refractivity contribution in [3.05, 3.63) is 75.5 Å². The molecule has 0 unspecified atom stereocenters. The molecule has 0 spiro atoms. The molecule has 0 atom stereocenters. The molecule has 0 saturated carbocycles. The van der Waals surface area contributed by atoms with E-state index in [0.717, 1.165) is 16.7 Å². The van der Waals surface area contributed by atoms with Gasteiger partial charge < -0.3 is 19.9 Å². The molecule has 6 nitrogen and oxygen atoms in total. The Kier molecular flexibility index (Phi) is 7.27. The maximum absolute atomic E-state index is 13.1. The summed E-state index contributed by atoms with van der Waals surface area (Å²) in [5.74, 6) is 0.689. The smallest absolute Gasteiger partial charge is 0.255 e. The molecule has 3 aromatic rings. The second-order valence-corrected chi connectivity index (χ2v) is 7.09.